The van der Waals surface area contributed by atoms with Gasteiger partial charge in [-0.1, -0.05) is 18.2 Å². The van der Waals surface area contributed by atoms with Gasteiger partial charge in [0, 0.05) is 12.7 Å². The van der Waals surface area contributed by atoms with Gasteiger partial charge < -0.3 is 15.4 Å². The predicted molar refractivity (Wildman–Crippen MR) is 75.5 cm³/mol. The molecule has 0 atom stereocenters. The number of carbonyl (C=O) groups excluding carboxylic acids is 1. The molecule has 0 aromatic heterocycles. The maximum atomic E-state index is 11.3. The molecular weight excluding hydrogens is 240 g/mol. The van der Waals surface area contributed by atoms with Crippen LogP contribution in [0.2, 0.25) is 0 Å². The Bertz CT molecular complexity index is 621. The fraction of sp³-hybridized carbons (Fsp3) is 0.133. The van der Waals surface area contributed by atoms with E-state index < -0.39 is 0 Å². The number of rotatable bonds is 2. The minimum absolute atomic E-state index is 0.0865. The van der Waals surface area contributed by atoms with E-state index in [0.29, 0.717) is 0 Å². The Labute approximate surface area is 111 Å². The van der Waals surface area contributed by atoms with Crippen molar-refractivity contribution in [2.24, 2.45) is 0 Å². The summed E-state index contributed by atoms with van der Waals surface area (Å²) in [5.74, 6) is 0.602. The number of hydrogen-bond acceptors (Lipinski definition) is 3. The summed E-state index contributed by atoms with van der Waals surface area (Å²) < 4.78 is 5.34. The molecule has 2 aromatic rings. The number of ether oxygens (including phenoxy) is 1. The molecule has 0 aliphatic carbocycles. The van der Waals surface area contributed by atoms with Crippen molar-refractivity contribution < 1.29 is 9.53 Å². The highest BCUT2D eigenvalue weighted by Crippen LogP contribution is 2.32. The van der Waals surface area contributed by atoms with Gasteiger partial charge in [-0.05, 0) is 35.4 Å². The van der Waals surface area contributed by atoms with Crippen molar-refractivity contribution in [1.29, 1.82) is 0 Å². The molecule has 1 amide bonds. The smallest absolute Gasteiger partial charge is 0.262 e. The van der Waals surface area contributed by atoms with Crippen molar-refractivity contribution in [1.82, 2.24) is 0 Å². The van der Waals surface area contributed by atoms with Crippen LogP contribution >= 0.6 is 0 Å². The molecule has 0 bridgehead atoms. The lowest BCUT2D eigenvalue weighted by molar-refractivity contribution is -0.118. The van der Waals surface area contributed by atoms with E-state index >= 15 is 0 Å². The Morgan fingerprint density at radius 2 is 1.84 bits per heavy atom. The molecule has 1 aliphatic heterocycles. The quantitative estimate of drug-likeness (QED) is 0.866. The van der Waals surface area contributed by atoms with Gasteiger partial charge >= 0.3 is 0 Å². The number of anilines is 2. The van der Waals surface area contributed by atoms with Gasteiger partial charge in [-0.25, -0.2) is 0 Å². The second kappa shape index (κ2) is 4.65. The first-order valence-corrected chi connectivity index (χ1v) is 6.11. The van der Waals surface area contributed by atoms with Gasteiger partial charge in [0.2, 0.25) is 0 Å². The molecule has 0 spiro atoms. The van der Waals surface area contributed by atoms with E-state index in [2.05, 4.69) is 10.6 Å². The molecule has 3 rings (SSSR count). The standard InChI is InChI=1S/C15H14N2O2/c1-16-12-5-2-10(3-6-12)11-4-7-14-13(8-11)17-15(18)9-19-14/h2-8,16H,9H2,1H3,(H,17,18). The zero-order chi connectivity index (χ0) is 13.2. The van der Waals surface area contributed by atoms with Gasteiger partial charge in [0.25, 0.3) is 5.91 Å². The highest BCUT2D eigenvalue weighted by atomic mass is 16.5. The lowest BCUT2D eigenvalue weighted by Gasteiger charge is -2.18. The SMILES string of the molecule is CNc1ccc(-c2ccc3c(c2)NC(=O)CO3)cc1. The molecule has 19 heavy (non-hydrogen) atoms. The zero-order valence-corrected chi connectivity index (χ0v) is 10.6. The van der Waals surface area contributed by atoms with Crippen molar-refractivity contribution in [2.45, 2.75) is 0 Å². The molecule has 0 saturated heterocycles. The summed E-state index contributed by atoms with van der Waals surface area (Å²) >= 11 is 0. The highest BCUT2D eigenvalue weighted by molar-refractivity contribution is 5.96. The average Bonchev–Trinajstić information content (AvgIpc) is 2.46. The van der Waals surface area contributed by atoms with Gasteiger partial charge in [0.15, 0.2) is 6.61 Å². The third-order valence-corrected chi connectivity index (χ3v) is 3.12. The Kier molecular flexibility index (Phi) is 2.83. The van der Waals surface area contributed by atoms with E-state index in [0.717, 1.165) is 28.3 Å². The molecule has 0 unspecified atom stereocenters. The largest absolute Gasteiger partial charge is 0.482 e. The van der Waals surface area contributed by atoms with E-state index in [9.17, 15) is 4.79 Å². The Morgan fingerprint density at radius 1 is 1.11 bits per heavy atom. The average molecular weight is 254 g/mol. The van der Waals surface area contributed by atoms with Crippen molar-refractivity contribution in [3.63, 3.8) is 0 Å². The van der Waals surface area contributed by atoms with Crippen LogP contribution in [0, 0.1) is 0 Å². The molecule has 0 saturated carbocycles. The minimum atomic E-state index is -0.116. The first kappa shape index (κ1) is 11.6. The van der Waals surface area contributed by atoms with Crippen LogP contribution in [-0.2, 0) is 4.79 Å². The molecular formula is C15H14N2O2. The first-order chi connectivity index (χ1) is 9.26. The van der Waals surface area contributed by atoms with Gasteiger partial charge in [-0.3, -0.25) is 4.79 Å². The summed E-state index contributed by atoms with van der Waals surface area (Å²) in [6.45, 7) is 0.0865. The molecule has 1 heterocycles. The molecule has 0 fully saturated rings. The summed E-state index contributed by atoms with van der Waals surface area (Å²) in [5, 5.41) is 5.90. The summed E-state index contributed by atoms with van der Waals surface area (Å²) in [5.41, 5.74) is 3.94. The normalized spacial score (nSPS) is 13.2. The lowest BCUT2D eigenvalue weighted by Crippen LogP contribution is -2.25. The number of amides is 1. The molecule has 2 N–H and O–H groups in total. The third kappa shape index (κ3) is 2.25. The number of carbonyl (C=O) groups is 1. The molecule has 4 heteroatoms. The predicted octanol–water partition coefficient (Wildman–Crippen LogP) is 2.73. The van der Waals surface area contributed by atoms with Crippen molar-refractivity contribution in [3.05, 3.63) is 42.5 Å². The first-order valence-electron chi connectivity index (χ1n) is 6.11. The molecule has 1 aliphatic rings. The van der Waals surface area contributed by atoms with E-state index in [-0.39, 0.29) is 12.5 Å². The second-order valence-corrected chi connectivity index (χ2v) is 4.38. The van der Waals surface area contributed by atoms with Crippen LogP contribution in [-0.4, -0.2) is 19.6 Å². The van der Waals surface area contributed by atoms with E-state index in [4.69, 9.17) is 4.74 Å². The van der Waals surface area contributed by atoms with Crippen LogP contribution in [0.3, 0.4) is 0 Å². The minimum Gasteiger partial charge on any atom is -0.482 e. The number of fused-ring (bicyclic) bond motifs is 1. The summed E-state index contributed by atoms with van der Waals surface area (Å²) in [6, 6.07) is 13.9. The van der Waals surface area contributed by atoms with E-state index in [1.807, 2.05) is 49.5 Å². The van der Waals surface area contributed by atoms with Gasteiger partial charge in [0.05, 0.1) is 5.69 Å². The van der Waals surface area contributed by atoms with Crippen LogP contribution in [0.1, 0.15) is 0 Å². The van der Waals surface area contributed by atoms with Crippen LogP contribution in [0.5, 0.6) is 5.75 Å². The van der Waals surface area contributed by atoms with Gasteiger partial charge in [-0.15, -0.1) is 0 Å². The Hall–Kier alpha value is -2.49. The Morgan fingerprint density at radius 3 is 2.58 bits per heavy atom. The zero-order valence-electron chi connectivity index (χ0n) is 10.6. The molecule has 0 radical (unpaired) electrons. The summed E-state index contributed by atoms with van der Waals surface area (Å²) in [6.07, 6.45) is 0. The Balaban J connectivity index is 1.96. The van der Waals surface area contributed by atoms with Crippen LogP contribution in [0.4, 0.5) is 11.4 Å². The maximum absolute atomic E-state index is 11.3. The number of nitrogens with one attached hydrogen (secondary N) is 2. The fourth-order valence-electron chi connectivity index (χ4n) is 2.09. The molecule has 2 aromatic carbocycles. The molecule has 96 valence electrons. The van der Waals surface area contributed by atoms with Crippen LogP contribution < -0.4 is 15.4 Å². The number of benzene rings is 2. The highest BCUT2D eigenvalue weighted by Gasteiger charge is 2.16. The monoisotopic (exact) mass is 254 g/mol. The topological polar surface area (TPSA) is 50.4 Å². The van der Waals surface area contributed by atoms with Crippen molar-refractivity contribution in [2.75, 3.05) is 24.3 Å². The van der Waals surface area contributed by atoms with Crippen LogP contribution in [0.15, 0.2) is 42.5 Å². The van der Waals surface area contributed by atoms with E-state index in [1.54, 1.807) is 0 Å². The second-order valence-electron chi connectivity index (χ2n) is 4.38. The van der Waals surface area contributed by atoms with Crippen molar-refractivity contribution in [3.8, 4) is 16.9 Å². The fourth-order valence-corrected chi connectivity index (χ4v) is 2.09. The van der Waals surface area contributed by atoms with E-state index in [1.165, 1.54) is 0 Å². The van der Waals surface area contributed by atoms with Gasteiger partial charge in [-0.2, -0.15) is 0 Å². The van der Waals surface area contributed by atoms with Crippen molar-refractivity contribution >= 4 is 17.3 Å². The van der Waals surface area contributed by atoms with Crippen LogP contribution in [0.25, 0.3) is 11.1 Å². The third-order valence-electron chi connectivity index (χ3n) is 3.12. The number of hydrogen-bond donors (Lipinski definition) is 2. The maximum Gasteiger partial charge on any atom is 0.262 e. The lowest BCUT2D eigenvalue weighted by atomic mass is 10.0. The summed E-state index contributed by atoms with van der Waals surface area (Å²) in [4.78, 5) is 11.3. The summed E-state index contributed by atoms with van der Waals surface area (Å²) in [7, 11) is 1.89. The molecule has 4 nitrogen and oxygen atoms in total. The van der Waals surface area contributed by atoms with Gasteiger partial charge in [0.1, 0.15) is 5.75 Å².